The van der Waals surface area contributed by atoms with Gasteiger partial charge in [-0.1, -0.05) is 6.42 Å². The average Bonchev–Trinajstić information content (AvgIpc) is 2.75. The second-order valence-corrected chi connectivity index (χ2v) is 4.74. The summed E-state index contributed by atoms with van der Waals surface area (Å²) in [5.41, 5.74) is 0. The summed E-state index contributed by atoms with van der Waals surface area (Å²) in [5.74, 6) is -0.921. The Kier molecular flexibility index (Phi) is 2.95. The molecule has 5 nitrogen and oxygen atoms in total. The summed E-state index contributed by atoms with van der Waals surface area (Å²) in [4.78, 5) is 26.2. The fourth-order valence-corrected chi connectivity index (χ4v) is 2.83. The molecule has 0 spiro atoms. The van der Waals surface area contributed by atoms with E-state index in [0.717, 1.165) is 19.3 Å². The van der Waals surface area contributed by atoms with Crippen molar-refractivity contribution < 1.29 is 9.59 Å². The normalized spacial score (nSPS) is 30.3. The van der Waals surface area contributed by atoms with Gasteiger partial charge in [-0.15, -0.1) is 0 Å². The minimum absolute atomic E-state index is 0.216. The molecule has 0 aromatic heterocycles. The topological polar surface area (TPSA) is 70.6 Å². The maximum Gasteiger partial charge on any atom is 0.316 e. The predicted octanol–water partition coefficient (Wildman–Crippen LogP) is -0.128. The van der Waals surface area contributed by atoms with Crippen LogP contribution in [0.15, 0.2) is 4.99 Å². The summed E-state index contributed by atoms with van der Waals surface area (Å²) in [6.07, 6.45) is 5.41. The molecular formula is C9H13N3O2S. The lowest BCUT2D eigenvalue weighted by Gasteiger charge is -2.13. The second kappa shape index (κ2) is 4.22. The number of amides is 2. The highest BCUT2D eigenvalue weighted by atomic mass is 32.2. The zero-order valence-electron chi connectivity index (χ0n) is 8.45. The molecule has 0 aromatic rings. The van der Waals surface area contributed by atoms with Gasteiger partial charge in [0.1, 0.15) is 0 Å². The number of nitrogens with zero attached hydrogens (tertiary/aromatic N) is 1. The average molecular weight is 227 g/mol. The zero-order valence-corrected chi connectivity index (χ0v) is 9.26. The molecule has 6 heteroatoms. The number of guanidine groups is 1. The van der Waals surface area contributed by atoms with Crippen LogP contribution in [0.4, 0.5) is 0 Å². The number of aliphatic imine (C=N–C) groups is 1. The highest BCUT2D eigenvalue weighted by molar-refractivity contribution is 7.99. The Balaban J connectivity index is 2.04. The number of rotatable bonds is 2. The Bertz CT molecular complexity index is 311. The van der Waals surface area contributed by atoms with E-state index in [1.807, 2.05) is 0 Å². The summed E-state index contributed by atoms with van der Waals surface area (Å²) in [5, 5.41) is 5.34. The Hall–Kier alpha value is -1.04. The van der Waals surface area contributed by atoms with Crippen molar-refractivity contribution in [1.82, 2.24) is 10.6 Å². The first-order valence-electron chi connectivity index (χ1n) is 4.93. The molecule has 2 atom stereocenters. The summed E-state index contributed by atoms with van der Waals surface area (Å²) >= 11 is 1.79. The third kappa shape index (κ3) is 2.14. The monoisotopic (exact) mass is 227 g/mol. The standard InChI is InChI=1S/C9H13N3O2S/c1-15-6-4-2-3-5(6)10-9-11-7(13)8(14)12-9/h5-6H,2-4H2,1H3,(H2,10,11,12,13,14). The van der Waals surface area contributed by atoms with Crippen molar-refractivity contribution in [1.29, 1.82) is 0 Å². The first-order valence-corrected chi connectivity index (χ1v) is 6.22. The molecule has 0 bridgehead atoms. The molecule has 2 aliphatic rings. The quantitative estimate of drug-likeness (QED) is 0.646. The Morgan fingerprint density at radius 1 is 1.27 bits per heavy atom. The molecule has 1 saturated carbocycles. The fourth-order valence-electron chi connectivity index (χ4n) is 1.92. The molecule has 0 radical (unpaired) electrons. The zero-order chi connectivity index (χ0) is 10.8. The van der Waals surface area contributed by atoms with Crippen molar-refractivity contribution in [2.24, 2.45) is 4.99 Å². The SMILES string of the molecule is CSC1CCCC1N=C1NC(=O)C(=O)N1. The molecule has 82 valence electrons. The third-order valence-electron chi connectivity index (χ3n) is 2.69. The van der Waals surface area contributed by atoms with E-state index >= 15 is 0 Å². The molecule has 2 unspecified atom stereocenters. The van der Waals surface area contributed by atoms with Gasteiger partial charge in [-0.3, -0.25) is 20.2 Å². The Morgan fingerprint density at radius 2 is 1.93 bits per heavy atom. The van der Waals surface area contributed by atoms with Gasteiger partial charge in [0, 0.05) is 5.25 Å². The maximum absolute atomic E-state index is 10.9. The van der Waals surface area contributed by atoms with E-state index in [2.05, 4.69) is 21.9 Å². The van der Waals surface area contributed by atoms with Crippen LogP contribution >= 0.6 is 11.8 Å². The van der Waals surface area contributed by atoms with Crippen LogP contribution in [0.1, 0.15) is 19.3 Å². The molecule has 0 aromatic carbocycles. The van der Waals surface area contributed by atoms with Crippen LogP contribution in [-0.4, -0.2) is 35.3 Å². The molecule has 1 saturated heterocycles. The lowest BCUT2D eigenvalue weighted by atomic mass is 10.3. The van der Waals surface area contributed by atoms with Gasteiger partial charge in [0.15, 0.2) is 0 Å². The van der Waals surface area contributed by atoms with Gasteiger partial charge in [0.2, 0.25) is 5.96 Å². The molecule has 1 aliphatic heterocycles. The first-order chi connectivity index (χ1) is 7.20. The van der Waals surface area contributed by atoms with Gasteiger partial charge in [-0.05, 0) is 19.1 Å². The van der Waals surface area contributed by atoms with Crippen molar-refractivity contribution in [3.63, 3.8) is 0 Å². The minimum atomic E-state index is -0.618. The van der Waals surface area contributed by atoms with Gasteiger partial charge < -0.3 is 0 Å². The van der Waals surface area contributed by atoms with Crippen molar-refractivity contribution in [2.75, 3.05) is 6.26 Å². The lowest BCUT2D eigenvalue weighted by molar-refractivity contribution is -0.135. The summed E-state index contributed by atoms with van der Waals surface area (Å²) in [7, 11) is 0. The van der Waals surface area contributed by atoms with Gasteiger partial charge in [0.05, 0.1) is 6.04 Å². The van der Waals surface area contributed by atoms with Crippen molar-refractivity contribution in [3.8, 4) is 0 Å². The number of thioether (sulfide) groups is 1. The van der Waals surface area contributed by atoms with E-state index in [-0.39, 0.29) is 6.04 Å². The molecule has 1 aliphatic carbocycles. The maximum atomic E-state index is 10.9. The van der Waals surface area contributed by atoms with Crippen LogP contribution in [0, 0.1) is 0 Å². The van der Waals surface area contributed by atoms with Crippen LogP contribution in [0.2, 0.25) is 0 Å². The van der Waals surface area contributed by atoms with Crippen LogP contribution in [0.25, 0.3) is 0 Å². The molecule has 15 heavy (non-hydrogen) atoms. The van der Waals surface area contributed by atoms with Gasteiger partial charge in [-0.2, -0.15) is 11.8 Å². The van der Waals surface area contributed by atoms with Crippen LogP contribution in [0.5, 0.6) is 0 Å². The summed E-state index contributed by atoms with van der Waals surface area (Å²) in [6.45, 7) is 0. The first kappa shape index (κ1) is 10.5. The molecule has 2 fully saturated rings. The van der Waals surface area contributed by atoms with Gasteiger partial charge in [0.25, 0.3) is 0 Å². The fraction of sp³-hybridized carbons (Fsp3) is 0.667. The van der Waals surface area contributed by atoms with E-state index in [4.69, 9.17) is 0 Å². The number of hydrogen-bond donors (Lipinski definition) is 2. The Labute approximate surface area is 92.1 Å². The lowest BCUT2D eigenvalue weighted by Crippen LogP contribution is -2.29. The van der Waals surface area contributed by atoms with Crippen molar-refractivity contribution in [3.05, 3.63) is 0 Å². The molecular weight excluding hydrogens is 214 g/mol. The molecule has 2 N–H and O–H groups in total. The number of carbonyl (C=O) groups excluding carboxylic acids is 2. The van der Waals surface area contributed by atoms with Crippen LogP contribution in [-0.2, 0) is 9.59 Å². The third-order valence-corrected chi connectivity index (χ3v) is 3.84. The number of carbonyl (C=O) groups is 2. The van der Waals surface area contributed by atoms with Crippen molar-refractivity contribution >= 4 is 29.5 Å². The van der Waals surface area contributed by atoms with Gasteiger partial charge in [-0.25, -0.2) is 4.99 Å². The highest BCUT2D eigenvalue weighted by Gasteiger charge is 2.30. The van der Waals surface area contributed by atoms with E-state index in [0.29, 0.717) is 11.2 Å². The van der Waals surface area contributed by atoms with Crippen LogP contribution in [0.3, 0.4) is 0 Å². The second-order valence-electron chi connectivity index (χ2n) is 3.66. The summed E-state index contributed by atoms with van der Waals surface area (Å²) < 4.78 is 0. The van der Waals surface area contributed by atoms with Crippen LogP contribution < -0.4 is 10.6 Å². The van der Waals surface area contributed by atoms with E-state index in [1.54, 1.807) is 11.8 Å². The van der Waals surface area contributed by atoms with E-state index in [9.17, 15) is 9.59 Å². The highest BCUT2D eigenvalue weighted by Crippen LogP contribution is 2.30. The minimum Gasteiger partial charge on any atom is -0.288 e. The molecule has 1 heterocycles. The number of hydrogen-bond acceptors (Lipinski definition) is 4. The van der Waals surface area contributed by atoms with E-state index in [1.165, 1.54) is 0 Å². The van der Waals surface area contributed by atoms with Gasteiger partial charge >= 0.3 is 11.8 Å². The number of nitrogens with one attached hydrogen (secondary N) is 2. The molecule has 2 amide bonds. The van der Waals surface area contributed by atoms with Crippen molar-refractivity contribution in [2.45, 2.75) is 30.6 Å². The smallest absolute Gasteiger partial charge is 0.288 e. The Morgan fingerprint density at radius 3 is 2.53 bits per heavy atom. The predicted molar refractivity (Wildman–Crippen MR) is 58.7 cm³/mol. The summed E-state index contributed by atoms with van der Waals surface area (Å²) in [6, 6.07) is 0.216. The largest absolute Gasteiger partial charge is 0.316 e. The van der Waals surface area contributed by atoms with E-state index < -0.39 is 11.8 Å². The molecule has 2 rings (SSSR count).